The lowest BCUT2D eigenvalue weighted by molar-refractivity contribution is -0.137. The van der Waals surface area contributed by atoms with Crippen molar-refractivity contribution in [2.24, 2.45) is 0 Å². The van der Waals surface area contributed by atoms with Gasteiger partial charge in [0.25, 0.3) is 0 Å². The molecular weight excluding hydrogens is 357 g/mol. The number of urea groups is 1. The van der Waals surface area contributed by atoms with Crippen LogP contribution in [0.25, 0.3) is 0 Å². The molecule has 1 aromatic carbocycles. The van der Waals surface area contributed by atoms with Crippen LogP contribution in [0.2, 0.25) is 0 Å². The summed E-state index contributed by atoms with van der Waals surface area (Å²) in [6, 6.07) is 12.0. The van der Waals surface area contributed by atoms with Crippen molar-refractivity contribution in [2.45, 2.75) is 25.1 Å². The van der Waals surface area contributed by atoms with E-state index in [1.54, 1.807) is 0 Å². The molecule has 3 rings (SSSR count). The number of anilines is 1. The summed E-state index contributed by atoms with van der Waals surface area (Å²) in [6.45, 7) is 1.69. The van der Waals surface area contributed by atoms with Crippen LogP contribution < -0.4 is 15.5 Å². The predicted octanol–water partition coefficient (Wildman–Crippen LogP) is 3.22. The Hall–Kier alpha value is -2.77. The van der Waals surface area contributed by atoms with Crippen LogP contribution in [0.5, 0.6) is 0 Å². The Balaban J connectivity index is 1.43. The number of benzene rings is 1. The van der Waals surface area contributed by atoms with E-state index in [-0.39, 0.29) is 12.1 Å². The zero-order valence-electron chi connectivity index (χ0n) is 14.7. The third-order valence-corrected chi connectivity index (χ3v) is 4.46. The van der Waals surface area contributed by atoms with Gasteiger partial charge in [-0.1, -0.05) is 30.3 Å². The number of alkyl halides is 3. The van der Waals surface area contributed by atoms with Gasteiger partial charge < -0.3 is 15.5 Å². The molecule has 2 heterocycles. The monoisotopic (exact) mass is 378 g/mol. The van der Waals surface area contributed by atoms with Crippen molar-refractivity contribution in [3.63, 3.8) is 0 Å². The van der Waals surface area contributed by atoms with Gasteiger partial charge in [0, 0.05) is 31.9 Å². The Morgan fingerprint density at radius 2 is 1.96 bits per heavy atom. The van der Waals surface area contributed by atoms with Gasteiger partial charge >= 0.3 is 12.2 Å². The lowest BCUT2D eigenvalue weighted by Crippen LogP contribution is -2.44. The van der Waals surface area contributed by atoms with Gasteiger partial charge in [0.1, 0.15) is 5.82 Å². The van der Waals surface area contributed by atoms with Crippen LogP contribution in [-0.2, 0) is 12.6 Å². The molecule has 1 aromatic heterocycles. The van der Waals surface area contributed by atoms with Crippen molar-refractivity contribution < 1.29 is 18.0 Å². The Morgan fingerprint density at radius 1 is 1.19 bits per heavy atom. The van der Waals surface area contributed by atoms with Gasteiger partial charge in [0.15, 0.2) is 0 Å². The highest BCUT2D eigenvalue weighted by molar-refractivity contribution is 5.74. The Bertz CT molecular complexity index is 750. The van der Waals surface area contributed by atoms with Crippen LogP contribution >= 0.6 is 0 Å². The lowest BCUT2D eigenvalue weighted by atomic mass is 10.1. The summed E-state index contributed by atoms with van der Waals surface area (Å²) in [6.07, 6.45) is -2.08. The van der Waals surface area contributed by atoms with Gasteiger partial charge in [0.05, 0.1) is 5.56 Å². The van der Waals surface area contributed by atoms with E-state index in [9.17, 15) is 18.0 Å². The molecule has 0 radical (unpaired) electrons. The summed E-state index contributed by atoms with van der Waals surface area (Å²) in [5, 5.41) is 5.73. The van der Waals surface area contributed by atoms with E-state index in [1.807, 2.05) is 35.2 Å². The topological polar surface area (TPSA) is 57.3 Å². The maximum atomic E-state index is 12.6. The molecule has 1 aliphatic rings. The first kappa shape index (κ1) is 19.0. The second kappa shape index (κ2) is 8.28. The number of hydrogen-bond acceptors (Lipinski definition) is 3. The molecule has 1 saturated heterocycles. The predicted molar refractivity (Wildman–Crippen MR) is 96.5 cm³/mol. The Morgan fingerprint density at radius 3 is 2.63 bits per heavy atom. The number of nitrogens with one attached hydrogen (secondary N) is 2. The molecule has 5 nitrogen and oxygen atoms in total. The molecule has 2 amide bonds. The molecule has 1 unspecified atom stereocenters. The average Bonchev–Trinajstić information content (AvgIpc) is 3.10. The van der Waals surface area contributed by atoms with Crippen LogP contribution in [0.1, 0.15) is 17.5 Å². The first-order valence-electron chi connectivity index (χ1n) is 8.78. The summed E-state index contributed by atoms with van der Waals surface area (Å²) < 4.78 is 37.8. The summed E-state index contributed by atoms with van der Waals surface area (Å²) in [7, 11) is 0. The number of carbonyl (C=O) groups excluding carboxylic acids is 1. The van der Waals surface area contributed by atoms with Gasteiger partial charge in [0.2, 0.25) is 0 Å². The van der Waals surface area contributed by atoms with Crippen LogP contribution in [0.4, 0.5) is 23.8 Å². The van der Waals surface area contributed by atoms with E-state index in [2.05, 4.69) is 15.6 Å². The molecule has 1 atom stereocenters. The van der Waals surface area contributed by atoms with E-state index >= 15 is 0 Å². The summed E-state index contributed by atoms with van der Waals surface area (Å²) in [5.41, 5.74) is 0.385. The van der Waals surface area contributed by atoms with Crippen LogP contribution in [0.3, 0.4) is 0 Å². The minimum Gasteiger partial charge on any atom is -0.354 e. The molecule has 0 aliphatic carbocycles. The molecule has 1 fully saturated rings. The molecule has 0 saturated carbocycles. The van der Waals surface area contributed by atoms with E-state index in [1.165, 1.54) is 6.07 Å². The zero-order chi connectivity index (χ0) is 19.3. The van der Waals surface area contributed by atoms with E-state index in [4.69, 9.17) is 0 Å². The Kier molecular flexibility index (Phi) is 5.83. The van der Waals surface area contributed by atoms with Gasteiger partial charge in [-0.3, -0.25) is 0 Å². The smallest absolute Gasteiger partial charge is 0.354 e. The molecule has 1 aliphatic heterocycles. The fourth-order valence-corrected chi connectivity index (χ4v) is 3.03. The number of pyridine rings is 1. The second-order valence-electron chi connectivity index (χ2n) is 6.47. The molecule has 2 aromatic rings. The van der Waals surface area contributed by atoms with Crippen molar-refractivity contribution in [1.29, 1.82) is 0 Å². The van der Waals surface area contributed by atoms with Crippen LogP contribution in [-0.4, -0.2) is 36.7 Å². The van der Waals surface area contributed by atoms with Gasteiger partial charge in [-0.15, -0.1) is 0 Å². The van der Waals surface area contributed by atoms with E-state index in [0.717, 1.165) is 30.7 Å². The van der Waals surface area contributed by atoms with E-state index < -0.39 is 11.7 Å². The highest BCUT2D eigenvalue weighted by Gasteiger charge is 2.31. The zero-order valence-corrected chi connectivity index (χ0v) is 14.7. The first-order chi connectivity index (χ1) is 12.9. The van der Waals surface area contributed by atoms with Gasteiger partial charge in [-0.05, 0) is 30.5 Å². The number of nitrogens with zero attached hydrogens (tertiary/aromatic N) is 2. The Labute approximate surface area is 155 Å². The number of aromatic nitrogens is 1. The standard InChI is InChI=1S/C19H21F3N4O/c20-19(21,22)15-6-7-17(24-12-15)26-11-9-16(13-26)25-18(27)23-10-8-14-4-2-1-3-5-14/h1-7,12,16H,8-11,13H2,(H2,23,25,27). The fraction of sp³-hybridized carbons (Fsp3) is 0.368. The van der Waals surface area contributed by atoms with Gasteiger partial charge in [-0.2, -0.15) is 13.2 Å². The normalized spacial score (nSPS) is 17.0. The average molecular weight is 378 g/mol. The SMILES string of the molecule is O=C(NCCc1ccccc1)NC1CCN(c2ccc(C(F)(F)F)cn2)C1. The first-order valence-corrected chi connectivity index (χ1v) is 8.78. The molecule has 0 spiro atoms. The van der Waals surface area contributed by atoms with E-state index in [0.29, 0.717) is 25.5 Å². The summed E-state index contributed by atoms with van der Waals surface area (Å²) >= 11 is 0. The minimum atomic E-state index is -4.39. The maximum absolute atomic E-state index is 12.6. The molecule has 2 N–H and O–H groups in total. The lowest BCUT2D eigenvalue weighted by Gasteiger charge is -2.18. The summed E-state index contributed by atoms with van der Waals surface area (Å²) in [4.78, 5) is 17.8. The number of hydrogen-bond donors (Lipinski definition) is 2. The number of carbonyl (C=O) groups is 1. The summed E-state index contributed by atoms with van der Waals surface area (Å²) in [5.74, 6) is 0.483. The largest absolute Gasteiger partial charge is 0.417 e. The third-order valence-electron chi connectivity index (χ3n) is 4.46. The molecule has 0 bridgehead atoms. The second-order valence-corrected chi connectivity index (χ2v) is 6.47. The van der Waals surface area contributed by atoms with Crippen molar-refractivity contribution in [1.82, 2.24) is 15.6 Å². The van der Waals surface area contributed by atoms with Crippen molar-refractivity contribution in [3.8, 4) is 0 Å². The molecule has 8 heteroatoms. The molecular formula is C19H21F3N4O. The highest BCUT2D eigenvalue weighted by atomic mass is 19.4. The number of rotatable bonds is 5. The quantitative estimate of drug-likeness (QED) is 0.840. The fourth-order valence-electron chi connectivity index (χ4n) is 3.03. The van der Waals surface area contributed by atoms with Crippen molar-refractivity contribution in [2.75, 3.05) is 24.5 Å². The molecule has 27 heavy (non-hydrogen) atoms. The van der Waals surface area contributed by atoms with Crippen LogP contribution in [0, 0.1) is 0 Å². The maximum Gasteiger partial charge on any atom is 0.417 e. The molecule has 144 valence electrons. The van der Waals surface area contributed by atoms with Crippen molar-refractivity contribution in [3.05, 3.63) is 59.8 Å². The van der Waals surface area contributed by atoms with Crippen LogP contribution in [0.15, 0.2) is 48.7 Å². The minimum absolute atomic E-state index is 0.0641. The highest BCUT2D eigenvalue weighted by Crippen LogP contribution is 2.29. The van der Waals surface area contributed by atoms with Crippen molar-refractivity contribution >= 4 is 11.8 Å². The number of halogens is 3. The third kappa shape index (κ3) is 5.35. The van der Waals surface area contributed by atoms with Gasteiger partial charge in [-0.25, -0.2) is 9.78 Å². The number of amides is 2.